The Bertz CT molecular complexity index is 406. The van der Waals surface area contributed by atoms with Gasteiger partial charge in [0.2, 0.25) is 5.91 Å². The maximum atomic E-state index is 12.1. The van der Waals surface area contributed by atoms with Crippen LogP contribution in [0.1, 0.15) is 31.4 Å². The topological polar surface area (TPSA) is 46.3 Å². The summed E-state index contributed by atoms with van der Waals surface area (Å²) in [6.07, 6.45) is 0.390. The van der Waals surface area contributed by atoms with Gasteiger partial charge in [-0.1, -0.05) is 19.9 Å². The van der Waals surface area contributed by atoms with E-state index in [0.717, 1.165) is 16.8 Å². The summed E-state index contributed by atoms with van der Waals surface area (Å²) in [5.74, 6) is 0.391. The van der Waals surface area contributed by atoms with E-state index in [-0.39, 0.29) is 11.9 Å². The summed E-state index contributed by atoms with van der Waals surface area (Å²) in [6, 6.07) is 6.06. The molecule has 0 bridgehead atoms. The van der Waals surface area contributed by atoms with Crippen molar-refractivity contribution in [3.63, 3.8) is 0 Å². The van der Waals surface area contributed by atoms with Gasteiger partial charge in [0.1, 0.15) is 0 Å². The summed E-state index contributed by atoms with van der Waals surface area (Å²) in [5.41, 5.74) is 9.21. The van der Waals surface area contributed by atoms with Crippen LogP contribution in [-0.4, -0.2) is 19.0 Å². The SMILES string of the molecule is Cc1cc(C)cc(N(C)C(=O)CC(N)C(C)C)c1. The molecule has 0 spiro atoms. The summed E-state index contributed by atoms with van der Waals surface area (Å²) in [6.45, 7) is 8.15. The molecule has 18 heavy (non-hydrogen) atoms. The number of anilines is 1. The molecule has 0 aliphatic carbocycles. The first-order valence-electron chi connectivity index (χ1n) is 6.41. The Labute approximate surface area is 110 Å². The van der Waals surface area contributed by atoms with Gasteiger partial charge in [-0.25, -0.2) is 0 Å². The van der Waals surface area contributed by atoms with E-state index in [2.05, 4.69) is 6.07 Å². The zero-order chi connectivity index (χ0) is 13.9. The van der Waals surface area contributed by atoms with E-state index in [9.17, 15) is 4.79 Å². The van der Waals surface area contributed by atoms with Crippen LogP contribution in [0.5, 0.6) is 0 Å². The van der Waals surface area contributed by atoms with Crippen molar-refractivity contribution in [1.29, 1.82) is 0 Å². The van der Waals surface area contributed by atoms with Crippen LogP contribution in [0.3, 0.4) is 0 Å². The van der Waals surface area contributed by atoms with Gasteiger partial charge in [0.15, 0.2) is 0 Å². The number of nitrogens with two attached hydrogens (primary N) is 1. The molecule has 3 nitrogen and oxygen atoms in total. The average Bonchev–Trinajstić information content (AvgIpc) is 2.26. The fourth-order valence-electron chi connectivity index (χ4n) is 1.86. The molecule has 0 aliphatic heterocycles. The third-order valence-electron chi connectivity index (χ3n) is 3.23. The molecule has 0 saturated heterocycles. The van der Waals surface area contributed by atoms with Gasteiger partial charge in [-0.3, -0.25) is 4.79 Å². The van der Waals surface area contributed by atoms with E-state index in [1.165, 1.54) is 0 Å². The maximum Gasteiger partial charge on any atom is 0.228 e. The van der Waals surface area contributed by atoms with Crippen molar-refractivity contribution in [2.45, 2.75) is 40.2 Å². The number of carbonyl (C=O) groups excluding carboxylic acids is 1. The molecule has 1 aromatic rings. The van der Waals surface area contributed by atoms with Crippen LogP contribution >= 0.6 is 0 Å². The Hall–Kier alpha value is -1.35. The predicted octanol–water partition coefficient (Wildman–Crippen LogP) is 2.64. The molecule has 2 N–H and O–H groups in total. The highest BCUT2D eigenvalue weighted by atomic mass is 16.2. The van der Waals surface area contributed by atoms with E-state index in [1.807, 2.05) is 46.9 Å². The number of nitrogens with zero attached hydrogens (tertiary/aromatic N) is 1. The molecule has 1 aromatic carbocycles. The van der Waals surface area contributed by atoms with Crippen LogP contribution in [0.2, 0.25) is 0 Å². The van der Waals surface area contributed by atoms with Crippen molar-refractivity contribution in [3.8, 4) is 0 Å². The predicted molar refractivity (Wildman–Crippen MR) is 76.8 cm³/mol. The minimum Gasteiger partial charge on any atom is -0.327 e. The Morgan fingerprint density at radius 3 is 2.17 bits per heavy atom. The highest BCUT2D eigenvalue weighted by molar-refractivity contribution is 5.93. The van der Waals surface area contributed by atoms with Gasteiger partial charge in [-0.15, -0.1) is 0 Å². The molecule has 1 rings (SSSR count). The third-order valence-corrected chi connectivity index (χ3v) is 3.23. The molecule has 0 aliphatic rings. The molecule has 3 heteroatoms. The summed E-state index contributed by atoms with van der Waals surface area (Å²) in [5, 5.41) is 0. The van der Waals surface area contributed by atoms with Crippen molar-refractivity contribution in [3.05, 3.63) is 29.3 Å². The molecule has 1 unspecified atom stereocenters. The van der Waals surface area contributed by atoms with Crippen LogP contribution in [0.15, 0.2) is 18.2 Å². The van der Waals surface area contributed by atoms with Crippen LogP contribution in [0.4, 0.5) is 5.69 Å². The Morgan fingerprint density at radius 2 is 1.72 bits per heavy atom. The normalized spacial score (nSPS) is 12.6. The number of aryl methyl sites for hydroxylation is 2. The van der Waals surface area contributed by atoms with Gasteiger partial charge >= 0.3 is 0 Å². The minimum absolute atomic E-state index is 0.0706. The zero-order valence-electron chi connectivity index (χ0n) is 12.0. The highest BCUT2D eigenvalue weighted by Gasteiger charge is 2.17. The highest BCUT2D eigenvalue weighted by Crippen LogP contribution is 2.19. The van der Waals surface area contributed by atoms with Crippen molar-refractivity contribution in [2.24, 2.45) is 11.7 Å². The third kappa shape index (κ3) is 3.84. The van der Waals surface area contributed by atoms with Gasteiger partial charge in [0.25, 0.3) is 0 Å². The molecule has 100 valence electrons. The van der Waals surface area contributed by atoms with Crippen LogP contribution in [0.25, 0.3) is 0 Å². The number of hydrogen-bond donors (Lipinski definition) is 1. The molecular formula is C15H24N2O. The number of hydrogen-bond acceptors (Lipinski definition) is 2. The van der Waals surface area contributed by atoms with Gasteiger partial charge in [-0.2, -0.15) is 0 Å². The minimum atomic E-state index is -0.0779. The monoisotopic (exact) mass is 248 g/mol. The summed E-state index contributed by atoms with van der Waals surface area (Å²) >= 11 is 0. The maximum absolute atomic E-state index is 12.1. The second kappa shape index (κ2) is 6.01. The Morgan fingerprint density at radius 1 is 1.22 bits per heavy atom. The molecule has 1 atom stereocenters. The Balaban J connectivity index is 2.80. The van der Waals surface area contributed by atoms with Crippen LogP contribution in [-0.2, 0) is 4.79 Å². The van der Waals surface area contributed by atoms with Crippen molar-refractivity contribution in [1.82, 2.24) is 0 Å². The standard InChI is InChI=1S/C15H24N2O/c1-10(2)14(16)9-15(18)17(5)13-7-11(3)6-12(4)8-13/h6-8,10,14H,9,16H2,1-5H3. The summed E-state index contributed by atoms with van der Waals surface area (Å²) in [7, 11) is 1.81. The largest absolute Gasteiger partial charge is 0.327 e. The lowest BCUT2D eigenvalue weighted by Gasteiger charge is -2.22. The summed E-state index contributed by atoms with van der Waals surface area (Å²) in [4.78, 5) is 13.8. The van der Waals surface area contributed by atoms with Crippen molar-refractivity contribution in [2.75, 3.05) is 11.9 Å². The molecule has 0 heterocycles. The number of carbonyl (C=O) groups is 1. The lowest BCUT2D eigenvalue weighted by Crippen LogP contribution is -2.36. The van der Waals surface area contributed by atoms with Gasteiger partial charge in [0.05, 0.1) is 0 Å². The van der Waals surface area contributed by atoms with Gasteiger partial charge in [-0.05, 0) is 43.0 Å². The first kappa shape index (κ1) is 14.7. The molecular weight excluding hydrogens is 224 g/mol. The van der Waals surface area contributed by atoms with Crippen molar-refractivity contribution < 1.29 is 4.79 Å². The lowest BCUT2D eigenvalue weighted by atomic mass is 10.0. The van der Waals surface area contributed by atoms with E-state index < -0.39 is 0 Å². The number of amides is 1. The first-order chi connectivity index (χ1) is 8.31. The molecule has 0 aromatic heterocycles. The van der Waals surface area contributed by atoms with Crippen molar-refractivity contribution >= 4 is 11.6 Å². The van der Waals surface area contributed by atoms with Crippen LogP contribution in [0, 0.1) is 19.8 Å². The Kier molecular flexibility index (Phi) is 4.91. The van der Waals surface area contributed by atoms with Gasteiger partial charge in [0, 0.05) is 25.2 Å². The van der Waals surface area contributed by atoms with E-state index >= 15 is 0 Å². The van der Waals surface area contributed by atoms with Gasteiger partial charge < -0.3 is 10.6 Å². The summed E-state index contributed by atoms with van der Waals surface area (Å²) < 4.78 is 0. The number of benzene rings is 1. The second-order valence-corrected chi connectivity index (χ2v) is 5.41. The molecule has 0 radical (unpaired) electrons. The first-order valence-corrected chi connectivity index (χ1v) is 6.41. The smallest absolute Gasteiger partial charge is 0.228 e. The molecule has 0 saturated carbocycles. The fraction of sp³-hybridized carbons (Fsp3) is 0.533. The second-order valence-electron chi connectivity index (χ2n) is 5.41. The molecule has 0 fully saturated rings. The molecule has 1 amide bonds. The average molecular weight is 248 g/mol. The lowest BCUT2D eigenvalue weighted by molar-refractivity contribution is -0.118. The van der Waals surface area contributed by atoms with E-state index in [0.29, 0.717) is 12.3 Å². The van der Waals surface area contributed by atoms with Crippen LogP contribution < -0.4 is 10.6 Å². The quantitative estimate of drug-likeness (QED) is 0.890. The fourth-order valence-corrected chi connectivity index (χ4v) is 1.86. The number of rotatable bonds is 4. The van der Waals surface area contributed by atoms with E-state index in [4.69, 9.17) is 5.73 Å². The van der Waals surface area contributed by atoms with E-state index in [1.54, 1.807) is 4.90 Å². The zero-order valence-corrected chi connectivity index (χ0v) is 12.0.